The first-order chi connectivity index (χ1) is 16.1. The van der Waals surface area contributed by atoms with E-state index in [2.05, 4.69) is 69.6 Å². The van der Waals surface area contributed by atoms with Crippen molar-refractivity contribution < 1.29 is 13.2 Å². The van der Waals surface area contributed by atoms with Crippen molar-refractivity contribution in [2.24, 2.45) is 0 Å². The fourth-order valence-corrected chi connectivity index (χ4v) is 6.77. The molecule has 0 aromatic heterocycles. The number of para-hydroxylation sites is 2. The summed E-state index contributed by atoms with van der Waals surface area (Å²) in [5.41, 5.74) is 1.70. The van der Waals surface area contributed by atoms with Crippen LogP contribution in [-0.2, 0) is 0 Å². The first kappa shape index (κ1) is 28.9. The van der Waals surface area contributed by atoms with Crippen molar-refractivity contribution in [3.8, 4) is 0 Å². The van der Waals surface area contributed by atoms with Crippen LogP contribution in [0.15, 0.2) is 60.0 Å². The summed E-state index contributed by atoms with van der Waals surface area (Å²) in [4.78, 5) is 3.80. The number of alkyl halides is 3. The number of thioether (sulfide) groups is 1. The van der Waals surface area contributed by atoms with Crippen molar-refractivity contribution in [1.29, 1.82) is 0 Å². The summed E-state index contributed by atoms with van der Waals surface area (Å²) in [7, 11) is 0. The Kier molecular flexibility index (Phi) is 11.2. The Labute approximate surface area is 241 Å². The summed E-state index contributed by atoms with van der Waals surface area (Å²) in [5.74, 6) is 0. The number of anilines is 2. The molecule has 2 aromatic rings. The van der Waals surface area contributed by atoms with E-state index in [1.807, 2.05) is 53.9 Å². The minimum absolute atomic E-state index is 0.0544. The zero-order valence-electron chi connectivity index (χ0n) is 19.6. The molecule has 3 unspecified atom stereocenters. The van der Waals surface area contributed by atoms with Crippen LogP contribution in [0.5, 0.6) is 0 Å². The standard InChI is InChI=1S/C22H21F3I2N2S.3CH3.Tl/c23-22(24,25)21-14-19(20-10-5-13-30-20)28(17-8-3-1-6-15(17)26)11-12-29(21)18-9-4-2-7-16(18)27;;;;/h1-9,13,19-21H,10-12,14H2;3*1H3;. The van der Waals surface area contributed by atoms with Gasteiger partial charge in [0.2, 0.25) is 0 Å². The molecule has 0 aliphatic carbocycles. The third-order valence-electron chi connectivity index (χ3n) is 5.67. The van der Waals surface area contributed by atoms with Gasteiger partial charge >= 0.3 is 42.3 Å². The second kappa shape index (κ2) is 13.2. The van der Waals surface area contributed by atoms with Gasteiger partial charge in [-0.15, -0.1) is 11.8 Å². The van der Waals surface area contributed by atoms with Gasteiger partial charge in [-0.25, -0.2) is 0 Å². The molecule has 2 aliphatic rings. The molecule has 1 saturated heterocycles. The summed E-state index contributed by atoms with van der Waals surface area (Å²) in [5, 5.41) is 2.16. The van der Waals surface area contributed by atoms with E-state index >= 15 is 0 Å². The van der Waals surface area contributed by atoms with E-state index in [9.17, 15) is 13.2 Å². The second-order valence-electron chi connectivity index (χ2n) is 9.16. The molecule has 0 spiro atoms. The van der Waals surface area contributed by atoms with Gasteiger partial charge in [0.15, 0.2) is 0 Å². The van der Waals surface area contributed by atoms with Crippen LogP contribution in [0.25, 0.3) is 0 Å². The SMILES string of the molecule is FC(F)(F)C1CC(C2CC=CS2)N(c2ccccc2I)CCN1c1ccccc1I.[CH3][Tl]([CH3])[CH3]. The predicted octanol–water partition coefficient (Wildman–Crippen LogP) is 8.30. The maximum atomic E-state index is 14.4. The van der Waals surface area contributed by atoms with Crippen molar-refractivity contribution in [3.63, 3.8) is 0 Å². The minimum atomic E-state index is -4.30. The first-order valence-electron chi connectivity index (χ1n) is 11.5. The summed E-state index contributed by atoms with van der Waals surface area (Å²) < 4.78 is 52.2. The van der Waals surface area contributed by atoms with Gasteiger partial charge in [-0.1, -0.05) is 30.3 Å². The molecule has 0 N–H and O–H groups in total. The van der Waals surface area contributed by atoms with Crippen molar-refractivity contribution in [3.05, 3.63) is 67.2 Å². The van der Waals surface area contributed by atoms with E-state index in [0.717, 1.165) is 19.2 Å². The summed E-state index contributed by atoms with van der Waals surface area (Å²) in [6.07, 6.45) is -1.36. The molecule has 4 rings (SSSR count). The quantitative estimate of drug-likeness (QED) is 0.226. The van der Waals surface area contributed by atoms with Crippen LogP contribution in [0.2, 0.25) is 13.4 Å². The Morgan fingerprint density at radius 2 is 1.38 bits per heavy atom. The van der Waals surface area contributed by atoms with E-state index < -0.39 is 34.9 Å². The Bertz CT molecular complexity index is 962. The summed E-state index contributed by atoms with van der Waals surface area (Å²) in [6, 6.07) is 13.7. The zero-order valence-corrected chi connectivity index (χ0v) is 29.2. The normalized spacial score (nSPS) is 22.8. The van der Waals surface area contributed by atoms with Gasteiger partial charge in [0.25, 0.3) is 0 Å². The summed E-state index contributed by atoms with van der Waals surface area (Å²) in [6.45, 7) is 0.885. The van der Waals surface area contributed by atoms with Crippen LogP contribution < -0.4 is 9.80 Å². The molecule has 0 radical (unpaired) electrons. The number of nitrogens with zero attached hydrogens (tertiary/aromatic N) is 2. The topological polar surface area (TPSA) is 6.48 Å². The summed E-state index contributed by atoms with van der Waals surface area (Å²) >= 11 is 5.37. The molecule has 0 amide bonds. The molecule has 34 heavy (non-hydrogen) atoms. The number of halogens is 5. The van der Waals surface area contributed by atoms with Gasteiger partial charge in [-0.2, -0.15) is 13.2 Å². The van der Waals surface area contributed by atoms with Crippen LogP contribution >= 0.6 is 56.9 Å². The molecule has 184 valence electrons. The monoisotopic (exact) mass is 906 g/mol. The third kappa shape index (κ3) is 7.65. The van der Waals surface area contributed by atoms with E-state index in [4.69, 9.17) is 0 Å². The van der Waals surface area contributed by atoms with Gasteiger partial charge in [0.05, 0.1) is 11.4 Å². The van der Waals surface area contributed by atoms with Crippen LogP contribution in [0.3, 0.4) is 0 Å². The Hall–Kier alpha value is 0.302. The Morgan fingerprint density at radius 3 is 1.85 bits per heavy atom. The molecule has 0 saturated carbocycles. The van der Waals surface area contributed by atoms with Crippen LogP contribution in [0.4, 0.5) is 24.5 Å². The molecule has 0 bridgehead atoms. The van der Waals surface area contributed by atoms with Gasteiger partial charge in [0.1, 0.15) is 6.04 Å². The molecule has 1 fully saturated rings. The third-order valence-corrected chi connectivity index (χ3v) is 8.70. The van der Waals surface area contributed by atoms with E-state index in [1.165, 1.54) is 0 Å². The fourth-order valence-electron chi connectivity index (χ4n) is 4.29. The predicted molar refractivity (Wildman–Crippen MR) is 160 cm³/mol. The van der Waals surface area contributed by atoms with E-state index in [1.54, 1.807) is 16.7 Å². The molecular weight excluding hydrogens is 876 g/mol. The number of hydrogen-bond donors (Lipinski definition) is 0. The van der Waals surface area contributed by atoms with Crippen molar-refractivity contribution in [2.75, 3.05) is 22.9 Å². The van der Waals surface area contributed by atoms with Crippen molar-refractivity contribution >= 4 is 91.0 Å². The second-order valence-corrected chi connectivity index (χ2v) is 26.1. The van der Waals surface area contributed by atoms with E-state index in [-0.39, 0.29) is 17.7 Å². The molecule has 3 atom stereocenters. The van der Waals surface area contributed by atoms with Gasteiger partial charge < -0.3 is 9.80 Å². The van der Waals surface area contributed by atoms with Crippen LogP contribution in [0, 0.1) is 7.14 Å². The van der Waals surface area contributed by atoms with Crippen molar-refractivity contribution in [2.45, 2.75) is 49.8 Å². The molecule has 2 nitrogen and oxygen atoms in total. The first-order valence-corrected chi connectivity index (χ1v) is 28.1. The molecule has 2 aliphatic heterocycles. The average Bonchev–Trinajstić information content (AvgIpc) is 3.21. The zero-order chi connectivity index (χ0) is 24.9. The number of hydrogen-bond acceptors (Lipinski definition) is 3. The maximum absolute atomic E-state index is 14.4. The Balaban J connectivity index is 0.000000751. The van der Waals surface area contributed by atoms with E-state index in [0.29, 0.717) is 18.8 Å². The number of allylic oxidation sites excluding steroid dienone is 1. The van der Waals surface area contributed by atoms with Crippen LogP contribution in [0.1, 0.15) is 12.8 Å². The van der Waals surface area contributed by atoms with Crippen LogP contribution in [-0.4, -0.2) is 59.3 Å². The van der Waals surface area contributed by atoms with Crippen molar-refractivity contribution in [1.82, 2.24) is 0 Å². The van der Waals surface area contributed by atoms with Gasteiger partial charge in [0, 0.05) is 31.5 Å². The van der Waals surface area contributed by atoms with Gasteiger partial charge in [-0.3, -0.25) is 0 Å². The molecule has 2 heterocycles. The molecular formula is C25H30F3I2N2STl. The average molecular weight is 906 g/mol. The Morgan fingerprint density at radius 1 is 0.882 bits per heavy atom. The van der Waals surface area contributed by atoms with Gasteiger partial charge in [-0.05, 0) is 87.7 Å². The number of rotatable bonds is 3. The number of benzene rings is 2. The molecule has 9 heteroatoms. The fraction of sp³-hybridized carbons (Fsp3) is 0.440. The molecule has 2 aromatic carbocycles.